The van der Waals surface area contributed by atoms with Crippen LogP contribution in [0.3, 0.4) is 0 Å². The molecule has 0 aliphatic carbocycles. The molecule has 0 fully saturated rings. The zero-order valence-electron chi connectivity index (χ0n) is 12.9. The second-order valence-corrected chi connectivity index (χ2v) is 5.71. The molecule has 0 spiro atoms. The van der Waals surface area contributed by atoms with Crippen molar-refractivity contribution >= 4 is 34.2 Å². The summed E-state index contributed by atoms with van der Waals surface area (Å²) in [5, 5.41) is 3.45. The minimum Gasteiger partial charge on any atom is -0.322 e. The Morgan fingerprint density at radius 1 is 1.25 bits per heavy atom. The van der Waals surface area contributed by atoms with Crippen LogP contribution in [0.15, 0.2) is 39.9 Å². The van der Waals surface area contributed by atoms with E-state index in [0.717, 1.165) is 0 Å². The molecule has 0 aliphatic rings. The lowest BCUT2D eigenvalue weighted by atomic mass is 10.1. The van der Waals surface area contributed by atoms with Gasteiger partial charge >= 0.3 is 5.69 Å². The van der Waals surface area contributed by atoms with Crippen molar-refractivity contribution < 1.29 is 4.79 Å². The second-order valence-electron chi connectivity index (χ2n) is 5.27. The molecule has 1 aromatic carbocycles. The Balaban J connectivity index is 2.08. The van der Waals surface area contributed by atoms with E-state index in [0.29, 0.717) is 16.4 Å². The molecule has 2 N–H and O–H groups in total. The lowest BCUT2D eigenvalue weighted by Gasteiger charge is -2.10. The molecule has 24 heavy (non-hydrogen) atoms. The van der Waals surface area contributed by atoms with Crippen LogP contribution in [0.4, 0.5) is 5.69 Å². The molecule has 0 aliphatic heterocycles. The Bertz CT molecular complexity index is 1070. The number of rotatable bonds is 2. The van der Waals surface area contributed by atoms with Crippen molar-refractivity contribution in [1.82, 2.24) is 14.5 Å². The predicted molar refractivity (Wildman–Crippen MR) is 91.7 cm³/mol. The van der Waals surface area contributed by atoms with E-state index in [9.17, 15) is 14.4 Å². The number of amides is 1. The molecule has 1 amide bonds. The molecule has 0 saturated carbocycles. The molecule has 7 nitrogen and oxygen atoms in total. The molecular weight excluding hydrogens is 332 g/mol. The van der Waals surface area contributed by atoms with Crippen LogP contribution < -0.4 is 16.6 Å². The lowest BCUT2D eigenvalue weighted by Crippen LogP contribution is -2.29. The number of fused-ring (bicyclic) bond motifs is 1. The number of halogens is 1. The normalized spacial score (nSPS) is 10.8. The number of benzene rings is 1. The summed E-state index contributed by atoms with van der Waals surface area (Å²) in [6, 6.07) is 8.08. The monoisotopic (exact) mass is 344 g/mol. The molecule has 0 saturated heterocycles. The number of carbonyl (C=O) groups is 1. The van der Waals surface area contributed by atoms with Gasteiger partial charge in [0.1, 0.15) is 5.65 Å². The lowest BCUT2D eigenvalue weighted by molar-refractivity contribution is 0.102. The first-order valence-electron chi connectivity index (χ1n) is 7.04. The zero-order valence-corrected chi connectivity index (χ0v) is 13.6. The fourth-order valence-corrected chi connectivity index (χ4v) is 2.45. The van der Waals surface area contributed by atoms with Crippen LogP contribution in [0.1, 0.15) is 16.1 Å². The number of pyridine rings is 1. The molecule has 3 rings (SSSR count). The highest BCUT2D eigenvalue weighted by molar-refractivity contribution is 6.30. The summed E-state index contributed by atoms with van der Waals surface area (Å²) in [6.07, 6.45) is 0. The van der Waals surface area contributed by atoms with Gasteiger partial charge in [0, 0.05) is 17.8 Å². The zero-order chi connectivity index (χ0) is 17.4. The first-order valence-corrected chi connectivity index (χ1v) is 7.42. The Kier molecular flexibility index (Phi) is 3.94. The van der Waals surface area contributed by atoms with Gasteiger partial charge in [-0.2, -0.15) is 0 Å². The first kappa shape index (κ1) is 15.9. The van der Waals surface area contributed by atoms with Crippen molar-refractivity contribution in [2.45, 2.75) is 6.92 Å². The van der Waals surface area contributed by atoms with Crippen LogP contribution in [-0.2, 0) is 7.05 Å². The standard InChI is InChI=1S/C16H13ClN4O3/c1-8-11(14(22)19-10-5-3-9(17)4-6-10)7-12-13(18-8)21(2)16(24)20-15(12)23/h3-7H,1-2H3,(H,19,22)(H,20,23,24). The highest BCUT2D eigenvalue weighted by Crippen LogP contribution is 2.17. The fraction of sp³-hybridized carbons (Fsp3) is 0.125. The van der Waals surface area contributed by atoms with Crippen LogP contribution in [-0.4, -0.2) is 20.4 Å². The maximum absolute atomic E-state index is 12.5. The van der Waals surface area contributed by atoms with Gasteiger partial charge in [-0.05, 0) is 37.3 Å². The molecule has 0 radical (unpaired) electrons. The predicted octanol–water partition coefficient (Wildman–Crippen LogP) is 1.84. The molecule has 122 valence electrons. The number of hydrogen-bond donors (Lipinski definition) is 2. The van der Waals surface area contributed by atoms with Gasteiger partial charge in [-0.1, -0.05) is 11.6 Å². The highest BCUT2D eigenvalue weighted by Gasteiger charge is 2.15. The van der Waals surface area contributed by atoms with Gasteiger partial charge in [0.25, 0.3) is 11.5 Å². The third kappa shape index (κ3) is 2.81. The van der Waals surface area contributed by atoms with Crippen LogP contribution >= 0.6 is 11.6 Å². The Hall–Kier alpha value is -2.93. The summed E-state index contributed by atoms with van der Waals surface area (Å²) < 4.78 is 1.23. The molecule has 2 heterocycles. The van der Waals surface area contributed by atoms with E-state index in [4.69, 9.17) is 11.6 Å². The molecule has 3 aromatic rings. The Labute approximate surface area is 140 Å². The summed E-state index contributed by atoms with van der Waals surface area (Å²) >= 11 is 5.81. The molecule has 8 heteroatoms. The quantitative estimate of drug-likeness (QED) is 0.741. The van der Waals surface area contributed by atoms with E-state index in [1.54, 1.807) is 31.2 Å². The highest BCUT2D eigenvalue weighted by atomic mass is 35.5. The summed E-state index contributed by atoms with van der Waals surface area (Å²) in [5.41, 5.74) is 0.317. The maximum atomic E-state index is 12.5. The summed E-state index contributed by atoms with van der Waals surface area (Å²) in [4.78, 5) is 42.5. The van der Waals surface area contributed by atoms with E-state index >= 15 is 0 Å². The number of nitrogens with zero attached hydrogens (tertiary/aromatic N) is 2. The summed E-state index contributed by atoms with van der Waals surface area (Å²) in [6.45, 7) is 1.64. The van der Waals surface area contributed by atoms with Crippen molar-refractivity contribution in [2.75, 3.05) is 5.32 Å². The van der Waals surface area contributed by atoms with E-state index in [1.165, 1.54) is 17.7 Å². The number of anilines is 1. The topological polar surface area (TPSA) is 96.8 Å². The van der Waals surface area contributed by atoms with Gasteiger partial charge in [-0.25, -0.2) is 9.78 Å². The van der Waals surface area contributed by atoms with Crippen molar-refractivity contribution in [3.8, 4) is 0 Å². The maximum Gasteiger partial charge on any atom is 0.329 e. The Morgan fingerprint density at radius 2 is 1.92 bits per heavy atom. The van der Waals surface area contributed by atoms with Crippen molar-refractivity contribution in [1.29, 1.82) is 0 Å². The molecule has 0 unspecified atom stereocenters. The average Bonchev–Trinajstić information content (AvgIpc) is 2.54. The number of hydrogen-bond acceptors (Lipinski definition) is 4. The van der Waals surface area contributed by atoms with Crippen LogP contribution in [0, 0.1) is 6.92 Å². The van der Waals surface area contributed by atoms with Gasteiger partial charge in [0.2, 0.25) is 0 Å². The van der Waals surface area contributed by atoms with Crippen LogP contribution in [0.25, 0.3) is 11.0 Å². The van der Waals surface area contributed by atoms with E-state index in [2.05, 4.69) is 15.3 Å². The fourth-order valence-electron chi connectivity index (χ4n) is 2.32. The van der Waals surface area contributed by atoms with E-state index in [1.807, 2.05) is 0 Å². The number of aromatic nitrogens is 3. The third-order valence-corrected chi connectivity index (χ3v) is 3.88. The number of nitrogens with one attached hydrogen (secondary N) is 2. The number of carbonyl (C=O) groups excluding carboxylic acids is 1. The largest absolute Gasteiger partial charge is 0.329 e. The van der Waals surface area contributed by atoms with Gasteiger partial charge in [-0.15, -0.1) is 0 Å². The van der Waals surface area contributed by atoms with Crippen molar-refractivity contribution in [3.63, 3.8) is 0 Å². The van der Waals surface area contributed by atoms with Gasteiger partial charge < -0.3 is 5.32 Å². The average molecular weight is 345 g/mol. The minimum absolute atomic E-state index is 0.170. The SMILES string of the molecule is Cc1nc2c(cc1C(=O)Nc1ccc(Cl)cc1)c(=O)[nH]c(=O)n2C. The molecule has 2 aromatic heterocycles. The number of aromatic amines is 1. The number of aryl methyl sites for hydroxylation is 2. The van der Waals surface area contributed by atoms with Gasteiger partial charge in [-0.3, -0.25) is 19.1 Å². The smallest absolute Gasteiger partial charge is 0.322 e. The summed E-state index contributed by atoms with van der Waals surface area (Å²) in [5.74, 6) is -0.405. The second kappa shape index (κ2) is 5.93. The van der Waals surface area contributed by atoms with Gasteiger partial charge in [0.15, 0.2) is 0 Å². The van der Waals surface area contributed by atoms with Crippen molar-refractivity contribution in [2.24, 2.45) is 7.05 Å². The van der Waals surface area contributed by atoms with Crippen LogP contribution in [0.5, 0.6) is 0 Å². The van der Waals surface area contributed by atoms with Gasteiger partial charge in [0.05, 0.1) is 16.6 Å². The first-order chi connectivity index (χ1) is 11.4. The molecular formula is C16H13ClN4O3. The Morgan fingerprint density at radius 3 is 2.58 bits per heavy atom. The van der Waals surface area contributed by atoms with E-state index in [-0.39, 0.29) is 16.6 Å². The van der Waals surface area contributed by atoms with Crippen molar-refractivity contribution in [3.05, 3.63) is 67.4 Å². The van der Waals surface area contributed by atoms with E-state index < -0.39 is 17.2 Å². The summed E-state index contributed by atoms with van der Waals surface area (Å²) in [7, 11) is 1.50. The number of H-pyrrole nitrogens is 1. The third-order valence-electron chi connectivity index (χ3n) is 3.63. The van der Waals surface area contributed by atoms with Crippen LogP contribution in [0.2, 0.25) is 5.02 Å². The molecule has 0 atom stereocenters. The molecule has 0 bridgehead atoms. The minimum atomic E-state index is -0.582.